The van der Waals surface area contributed by atoms with Gasteiger partial charge in [0.25, 0.3) is 0 Å². The molecule has 0 aliphatic carbocycles. The topological polar surface area (TPSA) is 0 Å². The molecule has 0 aromatic heterocycles. The van der Waals surface area contributed by atoms with Gasteiger partial charge in [0.1, 0.15) is 0 Å². The Hall–Kier alpha value is -3.13. The Labute approximate surface area is 191 Å². The lowest BCUT2D eigenvalue weighted by molar-refractivity contribution is 1.35. The van der Waals surface area contributed by atoms with E-state index in [4.69, 9.17) is 11.6 Å². The van der Waals surface area contributed by atoms with Crippen LogP contribution in [0.1, 0.15) is 5.56 Å². The van der Waals surface area contributed by atoms with E-state index in [1.165, 1.54) is 15.6 Å². The third kappa shape index (κ3) is 4.34. The van der Waals surface area contributed by atoms with Gasteiger partial charge in [-0.1, -0.05) is 139 Å². The second-order valence-corrected chi connectivity index (χ2v) is 11.9. The summed E-state index contributed by atoms with van der Waals surface area (Å²) in [7, 11) is -2.61. The molecule has 0 bridgehead atoms. The normalized spacial score (nSPS) is 12.5. The summed E-state index contributed by atoms with van der Waals surface area (Å²) in [5.41, 5.74) is 1.13. The summed E-state index contributed by atoms with van der Waals surface area (Å²) in [6, 6.07) is 42.5. The van der Waals surface area contributed by atoms with Crippen LogP contribution < -0.4 is 15.6 Å². The molecule has 1 atom stereocenters. The van der Waals surface area contributed by atoms with Crippen molar-refractivity contribution >= 4 is 41.3 Å². The monoisotopic (exact) mass is 436 g/mol. The van der Waals surface area contributed by atoms with Crippen molar-refractivity contribution < 1.29 is 0 Å². The molecule has 0 aliphatic heterocycles. The van der Waals surface area contributed by atoms with Crippen LogP contribution in [0.15, 0.2) is 139 Å². The van der Waals surface area contributed by atoms with Gasteiger partial charge in [-0.3, -0.25) is 0 Å². The van der Waals surface area contributed by atoms with E-state index in [2.05, 4.69) is 122 Å². The average molecular weight is 437 g/mol. The van der Waals surface area contributed by atoms with E-state index < -0.39 is 8.07 Å². The van der Waals surface area contributed by atoms with Crippen LogP contribution in [0.2, 0.25) is 0 Å². The highest BCUT2D eigenvalue weighted by atomic mass is 35.5. The van der Waals surface area contributed by atoms with Gasteiger partial charge in [0.15, 0.2) is 8.07 Å². The van der Waals surface area contributed by atoms with Crippen molar-refractivity contribution in [3.63, 3.8) is 0 Å². The lowest BCUT2D eigenvalue weighted by Gasteiger charge is -2.37. The largest absolute Gasteiger partial charge is 0.176 e. The Morgan fingerprint density at radius 2 is 0.968 bits per heavy atom. The zero-order chi connectivity index (χ0) is 21.5. The van der Waals surface area contributed by atoms with E-state index in [1.807, 2.05) is 18.2 Å². The first-order valence-electron chi connectivity index (χ1n) is 10.5. The summed E-state index contributed by atoms with van der Waals surface area (Å²) in [4.78, 5) is 0. The maximum Gasteiger partial charge on any atom is 0.176 e. The van der Waals surface area contributed by atoms with Gasteiger partial charge >= 0.3 is 0 Å². The quantitative estimate of drug-likeness (QED) is 0.202. The summed E-state index contributed by atoms with van der Waals surface area (Å²) in [5, 5.41) is 4.63. The lowest BCUT2D eigenvalue weighted by Crippen LogP contribution is -2.69. The van der Waals surface area contributed by atoms with E-state index in [9.17, 15) is 0 Å². The van der Waals surface area contributed by atoms with Crippen LogP contribution in [-0.4, -0.2) is 13.5 Å². The van der Waals surface area contributed by atoms with Crippen LogP contribution in [0, 0.1) is 0 Å². The molecule has 4 aromatic carbocycles. The Morgan fingerprint density at radius 3 is 1.35 bits per heavy atom. The van der Waals surface area contributed by atoms with Crippen LogP contribution in [0.5, 0.6) is 0 Å². The standard InChI is InChI=1S/C29H25ClSi/c1-24(29(30)23-22-25-14-6-2-7-15-25)31(26-16-8-3-9-17-26,27-18-10-4-11-19-27)28-20-12-5-13-21-28/h2-23,29H,1H2/b23-22+. The maximum atomic E-state index is 7.06. The summed E-state index contributed by atoms with van der Waals surface area (Å²) in [6.07, 6.45) is 4.15. The molecule has 0 saturated carbocycles. The first kappa shape index (κ1) is 21.1. The molecule has 0 spiro atoms. The number of hydrogen-bond donors (Lipinski definition) is 0. The molecule has 1 unspecified atom stereocenters. The molecule has 0 fully saturated rings. The second kappa shape index (κ2) is 9.78. The van der Waals surface area contributed by atoms with E-state index in [0.29, 0.717) is 0 Å². The Kier molecular flexibility index (Phi) is 6.66. The average Bonchev–Trinajstić information content (AvgIpc) is 2.85. The number of alkyl halides is 1. The Bertz CT molecular complexity index is 1040. The molecule has 0 aliphatic rings. The van der Waals surface area contributed by atoms with E-state index in [0.717, 1.165) is 10.8 Å². The molecule has 31 heavy (non-hydrogen) atoms. The van der Waals surface area contributed by atoms with Crippen LogP contribution in [-0.2, 0) is 0 Å². The second-order valence-electron chi connectivity index (χ2n) is 7.54. The van der Waals surface area contributed by atoms with Gasteiger partial charge in [-0.05, 0) is 21.1 Å². The lowest BCUT2D eigenvalue weighted by atomic mass is 10.2. The van der Waals surface area contributed by atoms with Gasteiger partial charge in [-0.25, -0.2) is 0 Å². The smallest absolute Gasteiger partial charge is 0.114 e. The molecular formula is C29H25ClSi. The molecule has 0 N–H and O–H groups in total. The molecule has 4 aromatic rings. The number of rotatable bonds is 7. The summed E-state index contributed by atoms with van der Waals surface area (Å²) in [6.45, 7) is 4.65. The van der Waals surface area contributed by atoms with E-state index >= 15 is 0 Å². The molecule has 0 heterocycles. The predicted molar refractivity (Wildman–Crippen MR) is 138 cm³/mol. The van der Waals surface area contributed by atoms with Crippen molar-refractivity contribution in [3.05, 3.63) is 145 Å². The molecule has 0 amide bonds. The Morgan fingerprint density at radius 1 is 0.613 bits per heavy atom. The van der Waals surface area contributed by atoms with Crippen molar-refractivity contribution in [2.45, 2.75) is 5.38 Å². The van der Waals surface area contributed by atoms with Crippen molar-refractivity contribution in [2.75, 3.05) is 0 Å². The van der Waals surface area contributed by atoms with Crippen molar-refractivity contribution in [2.24, 2.45) is 0 Å². The van der Waals surface area contributed by atoms with Crippen molar-refractivity contribution in [1.29, 1.82) is 0 Å². The van der Waals surface area contributed by atoms with E-state index in [-0.39, 0.29) is 5.38 Å². The third-order valence-electron chi connectivity index (χ3n) is 5.69. The van der Waals surface area contributed by atoms with Gasteiger partial charge < -0.3 is 0 Å². The fourth-order valence-corrected chi connectivity index (χ4v) is 9.47. The molecule has 0 saturated heterocycles. The SMILES string of the molecule is C=C(C(Cl)/C=C/c1ccccc1)[Si](c1ccccc1)(c1ccccc1)c1ccccc1. The summed E-state index contributed by atoms with van der Waals surface area (Å²) >= 11 is 7.06. The maximum absolute atomic E-state index is 7.06. The molecular weight excluding hydrogens is 412 g/mol. The minimum atomic E-state index is -2.61. The predicted octanol–water partition coefficient (Wildman–Crippen LogP) is 5.57. The van der Waals surface area contributed by atoms with Gasteiger partial charge in [0.2, 0.25) is 0 Å². The minimum absolute atomic E-state index is 0.299. The van der Waals surface area contributed by atoms with Crippen LogP contribution >= 0.6 is 11.6 Å². The molecule has 2 heteroatoms. The Balaban J connectivity index is 1.89. The molecule has 4 rings (SSSR count). The highest BCUT2D eigenvalue weighted by Gasteiger charge is 2.43. The van der Waals surface area contributed by atoms with Crippen LogP contribution in [0.4, 0.5) is 0 Å². The summed E-state index contributed by atoms with van der Waals surface area (Å²) in [5.74, 6) is 0. The zero-order valence-electron chi connectivity index (χ0n) is 17.4. The molecule has 0 radical (unpaired) electrons. The van der Waals surface area contributed by atoms with Crippen LogP contribution in [0.3, 0.4) is 0 Å². The fraction of sp³-hybridized carbons (Fsp3) is 0.0345. The number of hydrogen-bond acceptors (Lipinski definition) is 0. The number of halogens is 1. The minimum Gasteiger partial charge on any atom is -0.114 e. The zero-order valence-corrected chi connectivity index (χ0v) is 19.1. The first-order valence-corrected chi connectivity index (χ1v) is 12.9. The van der Waals surface area contributed by atoms with Crippen LogP contribution in [0.25, 0.3) is 6.08 Å². The van der Waals surface area contributed by atoms with Gasteiger partial charge in [-0.2, -0.15) is 0 Å². The van der Waals surface area contributed by atoms with Gasteiger partial charge in [-0.15, -0.1) is 18.2 Å². The molecule has 152 valence electrons. The molecule has 0 nitrogen and oxygen atoms in total. The van der Waals surface area contributed by atoms with Crippen molar-refractivity contribution in [1.82, 2.24) is 0 Å². The number of benzene rings is 4. The van der Waals surface area contributed by atoms with Gasteiger partial charge in [0.05, 0.1) is 5.38 Å². The third-order valence-corrected chi connectivity index (χ3v) is 11.2. The van der Waals surface area contributed by atoms with Gasteiger partial charge in [0, 0.05) is 0 Å². The van der Waals surface area contributed by atoms with E-state index in [1.54, 1.807) is 0 Å². The highest BCUT2D eigenvalue weighted by molar-refractivity contribution is 7.16. The summed E-state index contributed by atoms with van der Waals surface area (Å²) < 4.78 is 0. The number of allylic oxidation sites excluding steroid dienone is 2. The fourth-order valence-electron chi connectivity index (χ4n) is 4.20. The van der Waals surface area contributed by atoms with Crippen molar-refractivity contribution in [3.8, 4) is 0 Å². The first-order chi connectivity index (χ1) is 15.2. The highest BCUT2D eigenvalue weighted by Crippen LogP contribution is 2.24.